The van der Waals surface area contributed by atoms with Gasteiger partial charge in [0.25, 0.3) is 5.91 Å². The standard InChI is InChI=1S/C15H13ClFNO2/c16-11-3-6-14(19)13(9-11)15(20)18-8-7-10-1-4-12(17)5-2-10/h1-6,9,19H,7-8H2,(H,18,20). The smallest absolute Gasteiger partial charge is 0.255 e. The molecule has 2 rings (SSSR count). The van der Waals surface area contributed by atoms with E-state index in [0.29, 0.717) is 18.0 Å². The molecule has 0 radical (unpaired) electrons. The Morgan fingerprint density at radius 3 is 2.60 bits per heavy atom. The van der Waals surface area contributed by atoms with Crippen LogP contribution in [0.25, 0.3) is 0 Å². The number of halogens is 2. The summed E-state index contributed by atoms with van der Waals surface area (Å²) in [6.07, 6.45) is 0.577. The molecule has 2 aromatic carbocycles. The maximum atomic E-state index is 12.7. The molecule has 0 atom stereocenters. The minimum Gasteiger partial charge on any atom is -0.507 e. The van der Waals surface area contributed by atoms with Gasteiger partial charge in [-0.15, -0.1) is 0 Å². The van der Waals surface area contributed by atoms with Gasteiger partial charge < -0.3 is 10.4 Å². The van der Waals surface area contributed by atoms with Gasteiger partial charge in [0.2, 0.25) is 0 Å². The lowest BCUT2D eigenvalue weighted by Crippen LogP contribution is -2.25. The molecule has 5 heteroatoms. The lowest BCUT2D eigenvalue weighted by Gasteiger charge is -2.07. The monoisotopic (exact) mass is 293 g/mol. The largest absolute Gasteiger partial charge is 0.507 e. The van der Waals surface area contributed by atoms with Gasteiger partial charge in [0.1, 0.15) is 11.6 Å². The van der Waals surface area contributed by atoms with E-state index in [0.717, 1.165) is 5.56 Å². The van der Waals surface area contributed by atoms with Crippen LogP contribution in [0.4, 0.5) is 4.39 Å². The molecule has 0 unspecified atom stereocenters. The number of hydrogen-bond donors (Lipinski definition) is 2. The summed E-state index contributed by atoms with van der Waals surface area (Å²) >= 11 is 5.78. The van der Waals surface area contributed by atoms with Crippen molar-refractivity contribution in [3.63, 3.8) is 0 Å². The number of amides is 1. The van der Waals surface area contributed by atoms with E-state index in [9.17, 15) is 14.3 Å². The quantitative estimate of drug-likeness (QED) is 0.910. The van der Waals surface area contributed by atoms with Crippen LogP contribution in [0.2, 0.25) is 5.02 Å². The van der Waals surface area contributed by atoms with E-state index in [1.54, 1.807) is 12.1 Å². The molecule has 2 aromatic rings. The van der Waals surface area contributed by atoms with E-state index in [-0.39, 0.29) is 17.1 Å². The Morgan fingerprint density at radius 1 is 1.20 bits per heavy atom. The predicted octanol–water partition coefficient (Wildman–Crippen LogP) is 3.16. The second-order valence-corrected chi connectivity index (χ2v) is 4.73. The highest BCUT2D eigenvalue weighted by atomic mass is 35.5. The van der Waals surface area contributed by atoms with Crippen molar-refractivity contribution >= 4 is 17.5 Å². The zero-order valence-corrected chi connectivity index (χ0v) is 11.3. The number of carbonyl (C=O) groups is 1. The minimum absolute atomic E-state index is 0.117. The number of nitrogens with one attached hydrogen (secondary N) is 1. The molecule has 0 saturated carbocycles. The lowest BCUT2D eigenvalue weighted by atomic mass is 10.1. The highest BCUT2D eigenvalue weighted by Crippen LogP contribution is 2.21. The third kappa shape index (κ3) is 3.71. The topological polar surface area (TPSA) is 49.3 Å². The van der Waals surface area contributed by atoms with Crippen molar-refractivity contribution in [1.29, 1.82) is 0 Å². The van der Waals surface area contributed by atoms with E-state index in [4.69, 9.17) is 11.6 Å². The Balaban J connectivity index is 1.92. The van der Waals surface area contributed by atoms with Crippen LogP contribution < -0.4 is 5.32 Å². The Morgan fingerprint density at radius 2 is 1.90 bits per heavy atom. The third-order valence-electron chi connectivity index (χ3n) is 2.82. The molecule has 0 aliphatic rings. The number of carbonyl (C=O) groups excluding carboxylic acids is 1. The normalized spacial score (nSPS) is 10.3. The van der Waals surface area contributed by atoms with Gasteiger partial charge in [-0.1, -0.05) is 23.7 Å². The van der Waals surface area contributed by atoms with Gasteiger partial charge in [0, 0.05) is 11.6 Å². The average molecular weight is 294 g/mol. The van der Waals surface area contributed by atoms with Crippen LogP contribution in [-0.2, 0) is 6.42 Å². The van der Waals surface area contributed by atoms with Crippen LogP contribution in [0.3, 0.4) is 0 Å². The van der Waals surface area contributed by atoms with E-state index < -0.39 is 5.91 Å². The molecule has 104 valence electrons. The van der Waals surface area contributed by atoms with Crippen molar-refractivity contribution in [2.24, 2.45) is 0 Å². The number of phenols is 1. The second kappa shape index (κ2) is 6.39. The lowest BCUT2D eigenvalue weighted by molar-refractivity contribution is 0.0951. The summed E-state index contributed by atoms with van der Waals surface area (Å²) in [5, 5.41) is 12.7. The summed E-state index contributed by atoms with van der Waals surface area (Å²) in [5.41, 5.74) is 1.05. The summed E-state index contributed by atoms with van der Waals surface area (Å²) in [6, 6.07) is 10.4. The van der Waals surface area contributed by atoms with E-state index in [2.05, 4.69) is 5.32 Å². The maximum Gasteiger partial charge on any atom is 0.255 e. The highest BCUT2D eigenvalue weighted by Gasteiger charge is 2.10. The van der Waals surface area contributed by atoms with Crippen LogP contribution in [0.5, 0.6) is 5.75 Å². The van der Waals surface area contributed by atoms with Crippen LogP contribution in [-0.4, -0.2) is 17.6 Å². The summed E-state index contributed by atoms with van der Waals surface area (Å²) in [5.74, 6) is -0.803. The number of hydrogen-bond acceptors (Lipinski definition) is 2. The molecule has 20 heavy (non-hydrogen) atoms. The summed E-state index contributed by atoms with van der Waals surface area (Å²) in [6.45, 7) is 0.385. The van der Waals surface area contributed by atoms with Crippen LogP contribution in [0.15, 0.2) is 42.5 Å². The molecular weight excluding hydrogens is 281 g/mol. The van der Waals surface area contributed by atoms with Crippen LogP contribution in [0, 0.1) is 5.82 Å². The van der Waals surface area contributed by atoms with Crippen LogP contribution >= 0.6 is 11.6 Å². The average Bonchev–Trinajstić information content (AvgIpc) is 2.43. The Kier molecular flexibility index (Phi) is 4.58. The molecule has 0 fully saturated rings. The predicted molar refractivity (Wildman–Crippen MR) is 75.6 cm³/mol. The second-order valence-electron chi connectivity index (χ2n) is 4.29. The highest BCUT2D eigenvalue weighted by molar-refractivity contribution is 6.31. The van der Waals surface area contributed by atoms with E-state index in [1.807, 2.05) is 0 Å². The van der Waals surface area contributed by atoms with Gasteiger partial charge in [-0.05, 0) is 42.3 Å². The zero-order chi connectivity index (χ0) is 14.5. The molecule has 1 amide bonds. The maximum absolute atomic E-state index is 12.7. The van der Waals surface area contributed by atoms with Gasteiger partial charge in [0.05, 0.1) is 5.56 Å². The third-order valence-corrected chi connectivity index (χ3v) is 3.05. The van der Waals surface area contributed by atoms with Crippen LogP contribution in [0.1, 0.15) is 15.9 Å². The van der Waals surface area contributed by atoms with Crippen molar-refractivity contribution in [3.05, 3.63) is 64.4 Å². The van der Waals surface area contributed by atoms with Gasteiger partial charge in [-0.3, -0.25) is 4.79 Å². The number of phenolic OH excluding ortho intramolecular Hbond substituents is 1. The van der Waals surface area contributed by atoms with E-state index in [1.165, 1.54) is 30.3 Å². The SMILES string of the molecule is O=C(NCCc1ccc(F)cc1)c1cc(Cl)ccc1O. The molecule has 0 heterocycles. The fourth-order valence-electron chi connectivity index (χ4n) is 1.76. The number of benzene rings is 2. The minimum atomic E-state index is -0.396. The first-order valence-corrected chi connectivity index (χ1v) is 6.45. The molecule has 0 spiro atoms. The number of aromatic hydroxyl groups is 1. The summed E-state index contributed by atoms with van der Waals surface area (Å²) < 4.78 is 12.7. The van der Waals surface area contributed by atoms with Crippen molar-refractivity contribution < 1.29 is 14.3 Å². The summed E-state index contributed by atoms with van der Waals surface area (Å²) in [4.78, 5) is 11.9. The molecule has 0 aromatic heterocycles. The molecule has 0 saturated heterocycles. The fourth-order valence-corrected chi connectivity index (χ4v) is 1.93. The van der Waals surface area contributed by atoms with Gasteiger partial charge in [-0.2, -0.15) is 0 Å². The van der Waals surface area contributed by atoms with Crippen molar-refractivity contribution in [3.8, 4) is 5.75 Å². The zero-order valence-electron chi connectivity index (χ0n) is 10.6. The van der Waals surface area contributed by atoms with Gasteiger partial charge >= 0.3 is 0 Å². The Labute approximate surface area is 121 Å². The molecule has 2 N–H and O–H groups in total. The van der Waals surface area contributed by atoms with E-state index >= 15 is 0 Å². The van der Waals surface area contributed by atoms with Gasteiger partial charge in [0.15, 0.2) is 0 Å². The molecule has 0 aliphatic carbocycles. The van der Waals surface area contributed by atoms with Crippen molar-refractivity contribution in [2.45, 2.75) is 6.42 Å². The molecule has 0 aliphatic heterocycles. The molecular formula is C15H13ClFNO2. The fraction of sp³-hybridized carbons (Fsp3) is 0.133. The van der Waals surface area contributed by atoms with Crippen molar-refractivity contribution in [2.75, 3.05) is 6.54 Å². The number of rotatable bonds is 4. The Hall–Kier alpha value is -2.07. The molecule has 3 nitrogen and oxygen atoms in total. The van der Waals surface area contributed by atoms with Crippen molar-refractivity contribution in [1.82, 2.24) is 5.32 Å². The molecule has 0 bridgehead atoms. The first-order valence-electron chi connectivity index (χ1n) is 6.07. The van der Waals surface area contributed by atoms with Gasteiger partial charge in [-0.25, -0.2) is 4.39 Å². The Bertz CT molecular complexity index is 614. The summed E-state index contributed by atoms with van der Waals surface area (Å²) in [7, 11) is 0. The first kappa shape index (κ1) is 14.3. The first-order chi connectivity index (χ1) is 9.56.